The van der Waals surface area contributed by atoms with Crippen molar-refractivity contribution in [2.24, 2.45) is 5.92 Å². The van der Waals surface area contributed by atoms with E-state index in [-0.39, 0.29) is 5.91 Å². The lowest BCUT2D eigenvalue weighted by atomic mass is 10.1. The molecule has 112 valence electrons. The average Bonchev–Trinajstić information content (AvgIpc) is 2.38. The second kappa shape index (κ2) is 8.82. The number of ether oxygens (including phenoxy) is 1. The molecule has 0 fully saturated rings. The third-order valence-electron chi connectivity index (χ3n) is 2.86. The largest absolute Gasteiger partial charge is 0.495 e. The molecule has 0 aliphatic heterocycles. The predicted octanol–water partition coefficient (Wildman–Crippen LogP) is 3.31. The lowest BCUT2D eigenvalue weighted by Crippen LogP contribution is -2.23. The number of hydrogen-bond donors (Lipinski definition) is 2. The fourth-order valence-electron chi connectivity index (χ4n) is 1.71. The Kier molecular flexibility index (Phi) is 7.41. The highest BCUT2D eigenvalue weighted by molar-refractivity contribution is 6.31. The van der Waals surface area contributed by atoms with Crippen LogP contribution in [-0.4, -0.2) is 26.1 Å². The van der Waals surface area contributed by atoms with Crippen LogP contribution in [0.5, 0.6) is 5.75 Å². The van der Waals surface area contributed by atoms with E-state index >= 15 is 0 Å². The molecule has 2 N–H and O–H groups in total. The molecule has 1 aromatic rings. The summed E-state index contributed by atoms with van der Waals surface area (Å²) in [5.41, 5.74) is 0.604. The lowest BCUT2D eigenvalue weighted by Gasteiger charge is -2.11. The molecule has 0 aliphatic rings. The minimum atomic E-state index is -0.0531. The molecule has 0 heterocycles. The van der Waals surface area contributed by atoms with Crippen molar-refractivity contribution >= 4 is 23.2 Å². The van der Waals surface area contributed by atoms with Crippen molar-refractivity contribution in [1.29, 1.82) is 0 Å². The van der Waals surface area contributed by atoms with Gasteiger partial charge >= 0.3 is 0 Å². The SMILES string of the molecule is COc1ccc(Cl)cc1NC(=O)CCNCCC(C)C. The van der Waals surface area contributed by atoms with Crippen LogP contribution >= 0.6 is 11.6 Å². The normalized spacial score (nSPS) is 10.7. The molecule has 0 unspecified atom stereocenters. The third kappa shape index (κ3) is 6.26. The molecule has 0 aliphatic carbocycles. The van der Waals surface area contributed by atoms with Crippen molar-refractivity contribution in [3.63, 3.8) is 0 Å². The van der Waals surface area contributed by atoms with Crippen LogP contribution in [0.15, 0.2) is 18.2 Å². The van der Waals surface area contributed by atoms with Crippen molar-refractivity contribution < 1.29 is 9.53 Å². The summed E-state index contributed by atoms with van der Waals surface area (Å²) in [7, 11) is 1.56. The Labute approximate surface area is 125 Å². The third-order valence-corrected chi connectivity index (χ3v) is 3.10. The molecule has 0 spiro atoms. The Morgan fingerprint density at radius 3 is 2.75 bits per heavy atom. The molecule has 20 heavy (non-hydrogen) atoms. The summed E-state index contributed by atoms with van der Waals surface area (Å²) in [6.45, 7) is 5.96. The van der Waals surface area contributed by atoms with Gasteiger partial charge in [0.25, 0.3) is 0 Å². The first-order valence-electron chi connectivity index (χ1n) is 6.87. The van der Waals surface area contributed by atoms with E-state index in [0.717, 1.165) is 13.0 Å². The first-order valence-corrected chi connectivity index (χ1v) is 7.25. The van der Waals surface area contributed by atoms with E-state index in [9.17, 15) is 4.79 Å². The van der Waals surface area contributed by atoms with E-state index in [1.165, 1.54) is 0 Å². The second-order valence-corrected chi connectivity index (χ2v) is 5.51. The van der Waals surface area contributed by atoms with Gasteiger partial charge in [0.2, 0.25) is 5.91 Å². The van der Waals surface area contributed by atoms with E-state index in [1.807, 2.05) is 0 Å². The first kappa shape index (κ1) is 16.8. The standard InChI is InChI=1S/C15H23ClN2O2/c1-11(2)6-8-17-9-7-15(19)18-13-10-12(16)4-5-14(13)20-3/h4-5,10-11,17H,6-9H2,1-3H3,(H,18,19). The highest BCUT2D eigenvalue weighted by atomic mass is 35.5. The number of methoxy groups -OCH3 is 1. The van der Waals surface area contributed by atoms with Gasteiger partial charge in [-0.2, -0.15) is 0 Å². The van der Waals surface area contributed by atoms with Crippen LogP contribution in [-0.2, 0) is 4.79 Å². The molecule has 5 heteroatoms. The number of carbonyl (C=O) groups excluding carboxylic acids is 1. The van der Waals surface area contributed by atoms with Crippen molar-refractivity contribution in [3.8, 4) is 5.75 Å². The second-order valence-electron chi connectivity index (χ2n) is 5.08. The van der Waals surface area contributed by atoms with Crippen LogP contribution in [0.3, 0.4) is 0 Å². The summed E-state index contributed by atoms with van der Waals surface area (Å²) < 4.78 is 5.18. The monoisotopic (exact) mass is 298 g/mol. The highest BCUT2D eigenvalue weighted by Gasteiger charge is 2.08. The molecular weight excluding hydrogens is 276 g/mol. The van der Waals surface area contributed by atoms with Crippen LogP contribution in [0.2, 0.25) is 5.02 Å². The molecule has 0 aromatic heterocycles. The molecule has 4 nitrogen and oxygen atoms in total. The fourth-order valence-corrected chi connectivity index (χ4v) is 1.88. The molecule has 0 saturated carbocycles. The van der Waals surface area contributed by atoms with Crippen LogP contribution in [0, 0.1) is 5.92 Å². The Bertz CT molecular complexity index is 436. The Morgan fingerprint density at radius 1 is 1.35 bits per heavy atom. The fraction of sp³-hybridized carbons (Fsp3) is 0.533. The van der Waals surface area contributed by atoms with Gasteiger partial charge in [-0.3, -0.25) is 4.79 Å². The topological polar surface area (TPSA) is 50.4 Å². The van der Waals surface area contributed by atoms with Crippen molar-refractivity contribution in [1.82, 2.24) is 5.32 Å². The number of hydrogen-bond acceptors (Lipinski definition) is 3. The van der Waals surface area contributed by atoms with Gasteiger partial charge < -0.3 is 15.4 Å². The minimum Gasteiger partial charge on any atom is -0.495 e. The van der Waals surface area contributed by atoms with Gasteiger partial charge in [0.05, 0.1) is 12.8 Å². The number of benzene rings is 1. The number of halogens is 1. The minimum absolute atomic E-state index is 0.0531. The van der Waals surface area contributed by atoms with E-state index in [0.29, 0.717) is 35.3 Å². The molecule has 0 radical (unpaired) electrons. The van der Waals surface area contributed by atoms with Gasteiger partial charge in [0.15, 0.2) is 0 Å². The van der Waals surface area contributed by atoms with Gasteiger partial charge in [-0.05, 0) is 37.1 Å². The zero-order valence-corrected chi connectivity index (χ0v) is 13.1. The van der Waals surface area contributed by atoms with Crippen LogP contribution in [0.25, 0.3) is 0 Å². The van der Waals surface area contributed by atoms with Gasteiger partial charge in [-0.1, -0.05) is 25.4 Å². The maximum atomic E-state index is 11.8. The first-order chi connectivity index (χ1) is 9.52. The van der Waals surface area contributed by atoms with Gasteiger partial charge in [-0.25, -0.2) is 0 Å². The average molecular weight is 299 g/mol. The molecular formula is C15H23ClN2O2. The van der Waals surface area contributed by atoms with Crippen LogP contribution in [0.1, 0.15) is 26.7 Å². The van der Waals surface area contributed by atoms with Gasteiger partial charge in [0, 0.05) is 18.0 Å². The Morgan fingerprint density at radius 2 is 2.10 bits per heavy atom. The Hall–Kier alpha value is -1.26. The molecule has 0 bridgehead atoms. The number of anilines is 1. The zero-order valence-electron chi connectivity index (χ0n) is 12.3. The van der Waals surface area contributed by atoms with Crippen molar-refractivity contribution in [2.75, 3.05) is 25.5 Å². The zero-order chi connectivity index (χ0) is 15.0. The number of amides is 1. The Balaban J connectivity index is 2.37. The summed E-state index contributed by atoms with van der Waals surface area (Å²) >= 11 is 5.91. The quantitative estimate of drug-likeness (QED) is 0.724. The maximum Gasteiger partial charge on any atom is 0.225 e. The van der Waals surface area contributed by atoms with Gasteiger partial charge in [-0.15, -0.1) is 0 Å². The summed E-state index contributed by atoms with van der Waals surface area (Å²) in [6, 6.07) is 5.15. The van der Waals surface area contributed by atoms with Crippen molar-refractivity contribution in [2.45, 2.75) is 26.7 Å². The van der Waals surface area contributed by atoms with Crippen molar-refractivity contribution in [3.05, 3.63) is 23.2 Å². The van der Waals surface area contributed by atoms with Crippen LogP contribution < -0.4 is 15.4 Å². The maximum absolute atomic E-state index is 11.8. The smallest absolute Gasteiger partial charge is 0.225 e. The van der Waals surface area contributed by atoms with E-state index in [1.54, 1.807) is 25.3 Å². The number of rotatable bonds is 8. The number of nitrogens with one attached hydrogen (secondary N) is 2. The summed E-state index contributed by atoms with van der Waals surface area (Å²) in [5, 5.41) is 6.63. The molecule has 1 amide bonds. The summed E-state index contributed by atoms with van der Waals surface area (Å²) in [4.78, 5) is 11.8. The lowest BCUT2D eigenvalue weighted by molar-refractivity contribution is -0.116. The highest BCUT2D eigenvalue weighted by Crippen LogP contribution is 2.27. The van der Waals surface area contributed by atoms with E-state index < -0.39 is 0 Å². The molecule has 1 aromatic carbocycles. The van der Waals surface area contributed by atoms with Gasteiger partial charge in [0.1, 0.15) is 5.75 Å². The molecule has 0 saturated heterocycles. The molecule has 1 rings (SSSR count). The van der Waals surface area contributed by atoms with E-state index in [4.69, 9.17) is 16.3 Å². The number of carbonyl (C=O) groups is 1. The molecule has 0 atom stereocenters. The summed E-state index contributed by atoms with van der Waals surface area (Å²) in [6.07, 6.45) is 1.54. The van der Waals surface area contributed by atoms with Crippen LogP contribution in [0.4, 0.5) is 5.69 Å². The van der Waals surface area contributed by atoms with E-state index in [2.05, 4.69) is 24.5 Å². The summed E-state index contributed by atoms with van der Waals surface area (Å²) in [5.74, 6) is 1.23. The predicted molar refractivity (Wildman–Crippen MR) is 83.6 cm³/mol.